The fourth-order valence-electron chi connectivity index (χ4n) is 4.62. The molecule has 220 valence electrons. The first-order valence-corrected chi connectivity index (χ1v) is 14.7. The van der Waals surface area contributed by atoms with Crippen LogP contribution >= 0.6 is 12.6 Å². The van der Waals surface area contributed by atoms with E-state index in [2.05, 4.69) is 37.1 Å². The Morgan fingerprint density at radius 1 is 0.950 bits per heavy atom. The molecule has 2 rings (SSSR count). The zero-order valence-corrected chi connectivity index (χ0v) is 26.2. The van der Waals surface area contributed by atoms with Gasteiger partial charge in [-0.2, -0.15) is 12.6 Å². The summed E-state index contributed by atoms with van der Waals surface area (Å²) in [6.45, 7) is 15.8. The molecule has 7 nitrogen and oxygen atoms in total. The summed E-state index contributed by atoms with van der Waals surface area (Å²) in [7, 11) is 0. The number of hydrogen-bond acceptors (Lipinski definition) is 5. The molecule has 2 aromatic rings. The quantitative estimate of drug-likeness (QED) is 0.268. The van der Waals surface area contributed by atoms with Gasteiger partial charge in [0, 0.05) is 18.3 Å². The summed E-state index contributed by atoms with van der Waals surface area (Å²) in [5, 5.41) is 5.75. The van der Waals surface area contributed by atoms with E-state index in [-0.39, 0.29) is 23.6 Å². The van der Waals surface area contributed by atoms with Gasteiger partial charge in [-0.05, 0) is 71.4 Å². The van der Waals surface area contributed by atoms with Crippen LogP contribution < -0.4 is 10.6 Å². The lowest BCUT2D eigenvalue weighted by Gasteiger charge is -2.38. The number of amides is 3. The zero-order chi connectivity index (χ0) is 30.0. The molecule has 40 heavy (non-hydrogen) atoms. The molecule has 3 amide bonds. The van der Waals surface area contributed by atoms with Crippen molar-refractivity contribution in [3.8, 4) is 0 Å². The minimum absolute atomic E-state index is 0.0523. The van der Waals surface area contributed by atoms with Gasteiger partial charge in [0.05, 0.1) is 0 Å². The number of aryl methyl sites for hydroxylation is 2. The maximum atomic E-state index is 14.3. The number of carbonyl (C=O) groups is 3. The highest BCUT2D eigenvalue weighted by Gasteiger charge is 2.38. The Bertz CT molecular complexity index is 1110. The number of rotatable bonds is 12. The fourth-order valence-corrected chi connectivity index (χ4v) is 4.86. The number of nitrogens with zero attached hydrogens (tertiary/aromatic N) is 1. The summed E-state index contributed by atoms with van der Waals surface area (Å²) >= 11 is 4.40. The summed E-state index contributed by atoms with van der Waals surface area (Å²) in [6.07, 6.45) is 0.870. The molecule has 8 heteroatoms. The average molecular weight is 570 g/mol. The van der Waals surface area contributed by atoms with Crippen LogP contribution in [0.3, 0.4) is 0 Å². The van der Waals surface area contributed by atoms with Crippen LogP contribution in [0.2, 0.25) is 0 Å². The van der Waals surface area contributed by atoms with E-state index in [0.717, 1.165) is 28.7 Å². The van der Waals surface area contributed by atoms with Crippen LogP contribution in [0.1, 0.15) is 82.7 Å². The van der Waals surface area contributed by atoms with E-state index < -0.39 is 23.8 Å². The molecule has 3 unspecified atom stereocenters. The minimum Gasteiger partial charge on any atom is -0.444 e. The molecule has 3 atom stereocenters. The van der Waals surface area contributed by atoms with Crippen LogP contribution in [0.5, 0.6) is 0 Å². The lowest BCUT2D eigenvalue weighted by Crippen LogP contribution is -2.56. The van der Waals surface area contributed by atoms with E-state index >= 15 is 0 Å². The van der Waals surface area contributed by atoms with Crippen molar-refractivity contribution >= 4 is 30.5 Å². The average Bonchev–Trinajstić information content (AvgIpc) is 2.86. The summed E-state index contributed by atoms with van der Waals surface area (Å²) in [5.74, 6) is -0.187. The fraction of sp³-hybridized carbons (Fsp3) is 0.531. The van der Waals surface area contributed by atoms with E-state index in [1.165, 1.54) is 0 Å². The first-order chi connectivity index (χ1) is 18.7. The molecule has 0 spiro atoms. The number of ether oxygens (including phenoxy) is 1. The van der Waals surface area contributed by atoms with Crippen molar-refractivity contribution in [1.82, 2.24) is 15.5 Å². The van der Waals surface area contributed by atoms with Crippen molar-refractivity contribution in [3.05, 3.63) is 70.8 Å². The third-order valence-electron chi connectivity index (χ3n) is 6.46. The lowest BCUT2D eigenvalue weighted by atomic mass is 9.95. The van der Waals surface area contributed by atoms with E-state index in [4.69, 9.17) is 4.74 Å². The molecule has 2 aromatic carbocycles. The molecule has 0 saturated heterocycles. The summed E-state index contributed by atoms with van der Waals surface area (Å²) in [5.41, 5.74) is 2.95. The first-order valence-electron chi connectivity index (χ1n) is 14.0. The molecule has 0 heterocycles. The van der Waals surface area contributed by atoms with Crippen molar-refractivity contribution in [2.45, 2.75) is 98.5 Å². The summed E-state index contributed by atoms with van der Waals surface area (Å²) in [6, 6.07) is 13.4. The first kappa shape index (κ1) is 33.2. The Morgan fingerprint density at radius 3 is 2.08 bits per heavy atom. The van der Waals surface area contributed by atoms with Crippen molar-refractivity contribution in [2.75, 3.05) is 5.75 Å². The van der Waals surface area contributed by atoms with Crippen LogP contribution in [0.15, 0.2) is 48.5 Å². The third-order valence-corrected chi connectivity index (χ3v) is 6.82. The highest BCUT2D eigenvalue weighted by Crippen LogP contribution is 2.29. The Hall–Kier alpha value is -3.00. The molecule has 0 aromatic heterocycles. The van der Waals surface area contributed by atoms with Crippen LogP contribution in [0.4, 0.5) is 4.79 Å². The zero-order valence-electron chi connectivity index (χ0n) is 25.3. The second kappa shape index (κ2) is 15.1. The topological polar surface area (TPSA) is 87.7 Å². The largest absolute Gasteiger partial charge is 0.444 e. The van der Waals surface area contributed by atoms with Crippen LogP contribution in [-0.4, -0.2) is 46.2 Å². The van der Waals surface area contributed by atoms with Gasteiger partial charge in [-0.3, -0.25) is 9.59 Å². The van der Waals surface area contributed by atoms with Crippen LogP contribution in [0.25, 0.3) is 0 Å². The monoisotopic (exact) mass is 569 g/mol. The highest BCUT2D eigenvalue weighted by atomic mass is 32.1. The smallest absolute Gasteiger partial charge is 0.408 e. The third kappa shape index (κ3) is 10.5. The van der Waals surface area contributed by atoms with E-state index in [9.17, 15) is 14.4 Å². The predicted molar refractivity (Wildman–Crippen MR) is 164 cm³/mol. The SMILES string of the molecule is Cc1cc(C)cc(C(C(=O)NCc2ccccc2)N(C(=O)C(CS)NC(=O)OC(C)(C)C)C(C)CCC(C)C)c1. The lowest BCUT2D eigenvalue weighted by molar-refractivity contribution is -0.144. The molecular weight excluding hydrogens is 522 g/mol. The maximum Gasteiger partial charge on any atom is 0.408 e. The van der Waals surface area contributed by atoms with E-state index in [1.54, 1.807) is 25.7 Å². The number of alkyl carbamates (subject to hydrolysis) is 1. The maximum absolute atomic E-state index is 14.3. The predicted octanol–water partition coefficient (Wildman–Crippen LogP) is 6.14. The minimum atomic E-state index is -0.977. The molecule has 0 aliphatic heterocycles. The van der Waals surface area contributed by atoms with Gasteiger partial charge in [0.1, 0.15) is 17.7 Å². The van der Waals surface area contributed by atoms with Gasteiger partial charge in [-0.15, -0.1) is 0 Å². The second-order valence-electron chi connectivity index (χ2n) is 12.0. The Balaban J connectivity index is 2.54. The van der Waals surface area contributed by atoms with Gasteiger partial charge < -0.3 is 20.3 Å². The molecule has 0 aliphatic carbocycles. The van der Waals surface area contributed by atoms with Crippen molar-refractivity contribution in [3.63, 3.8) is 0 Å². The van der Waals surface area contributed by atoms with Crippen molar-refractivity contribution in [1.29, 1.82) is 0 Å². The van der Waals surface area contributed by atoms with Crippen LogP contribution in [0, 0.1) is 19.8 Å². The number of benzene rings is 2. The molecule has 0 saturated carbocycles. The molecule has 0 radical (unpaired) electrons. The van der Waals surface area contributed by atoms with Gasteiger partial charge in [-0.25, -0.2) is 4.79 Å². The molecule has 0 bridgehead atoms. The number of nitrogens with one attached hydrogen (secondary N) is 2. The Morgan fingerprint density at radius 2 is 1.55 bits per heavy atom. The van der Waals surface area contributed by atoms with Gasteiger partial charge >= 0.3 is 6.09 Å². The molecule has 0 aliphatic rings. The van der Waals surface area contributed by atoms with Gasteiger partial charge in [0.25, 0.3) is 0 Å². The van der Waals surface area contributed by atoms with E-state index in [1.807, 2.05) is 69.3 Å². The Labute approximate surface area is 245 Å². The summed E-state index contributed by atoms with van der Waals surface area (Å²) in [4.78, 5) is 42.5. The van der Waals surface area contributed by atoms with Gasteiger partial charge in [-0.1, -0.05) is 73.5 Å². The molecule has 0 fully saturated rings. The second-order valence-corrected chi connectivity index (χ2v) is 12.3. The summed E-state index contributed by atoms with van der Waals surface area (Å²) < 4.78 is 5.42. The van der Waals surface area contributed by atoms with Crippen molar-refractivity contribution < 1.29 is 19.1 Å². The van der Waals surface area contributed by atoms with Gasteiger partial charge in [0.15, 0.2) is 0 Å². The van der Waals surface area contributed by atoms with Crippen LogP contribution in [-0.2, 0) is 20.9 Å². The number of carbonyl (C=O) groups excluding carboxylic acids is 3. The molecule has 2 N–H and O–H groups in total. The Kier molecular flexibility index (Phi) is 12.6. The standard InChI is InChI=1S/C32H47N3O4S/c1-21(2)14-15-24(5)35(30(37)27(20-40)34-31(38)39-32(6,7)8)28(26-17-22(3)16-23(4)18-26)29(36)33-19-25-12-10-9-11-13-25/h9-13,16-18,21,24,27-28,40H,14-15,19-20H2,1-8H3,(H,33,36)(H,34,38). The van der Waals surface area contributed by atoms with Gasteiger partial charge in [0.2, 0.25) is 11.8 Å². The molecular formula is C32H47N3O4S. The van der Waals surface area contributed by atoms with E-state index in [0.29, 0.717) is 18.9 Å². The normalized spacial score (nSPS) is 13.8. The number of hydrogen-bond donors (Lipinski definition) is 3. The highest BCUT2D eigenvalue weighted by molar-refractivity contribution is 7.80. The number of thiol groups is 1. The van der Waals surface area contributed by atoms with Crippen molar-refractivity contribution in [2.24, 2.45) is 5.92 Å².